The summed E-state index contributed by atoms with van der Waals surface area (Å²) in [4.78, 5) is 18.9. The van der Waals surface area contributed by atoms with Crippen molar-refractivity contribution >= 4 is 34.5 Å². The van der Waals surface area contributed by atoms with E-state index in [9.17, 15) is 0 Å². The molecule has 0 aliphatic heterocycles. The molecule has 0 N–H and O–H groups in total. The van der Waals surface area contributed by atoms with Crippen LogP contribution in [0.3, 0.4) is 0 Å². The number of aromatic nitrogens is 6. The minimum atomic E-state index is 0.156. The van der Waals surface area contributed by atoms with Gasteiger partial charge in [-0.15, -0.1) is 5.10 Å². The van der Waals surface area contributed by atoms with Crippen LogP contribution in [0, 0.1) is 13.8 Å². The Kier molecular flexibility index (Phi) is 5.28. The highest BCUT2D eigenvalue weighted by atomic mass is 35.5. The average molecular weight is 446 g/mol. The summed E-state index contributed by atoms with van der Waals surface area (Å²) in [5.74, 6) is 0.534. The molecule has 0 amide bonds. The number of oxime groups is 1. The van der Waals surface area contributed by atoms with E-state index in [4.69, 9.17) is 21.4 Å². The van der Waals surface area contributed by atoms with Gasteiger partial charge in [-0.25, -0.2) is 14.5 Å². The van der Waals surface area contributed by atoms with Crippen LogP contribution in [0.15, 0.2) is 60.3 Å². The molecule has 4 aromatic heterocycles. The van der Waals surface area contributed by atoms with Gasteiger partial charge in [0.25, 0.3) is 0 Å². The maximum absolute atomic E-state index is 5.89. The fraction of sp³-hybridized carbons (Fsp3) is 0.174. The number of fused-ring (bicyclic) bond motifs is 3. The lowest BCUT2D eigenvalue weighted by atomic mass is 10.2. The number of aryl methyl sites for hydroxylation is 1. The molecule has 0 aliphatic carbocycles. The first kappa shape index (κ1) is 20.1. The molecule has 5 aromatic rings. The Bertz CT molecular complexity index is 1420. The second-order valence-electron chi connectivity index (χ2n) is 7.45. The molecule has 32 heavy (non-hydrogen) atoms. The highest BCUT2D eigenvalue weighted by Crippen LogP contribution is 2.27. The maximum Gasteiger partial charge on any atom is 0.192 e. The first-order valence-corrected chi connectivity index (χ1v) is 10.5. The number of halogens is 1. The van der Waals surface area contributed by atoms with Crippen molar-refractivity contribution < 1.29 is 4.84 Å². The van der Waals surface area contributed by atoms with Gasteiger partial charge in [-0.2, -0.15) is 0 Å². The van der Waals surface area contributed by atoms with Crippen LogP contribution >= 0.6 is 11.6 Å². The third-order valence-corrected chi connectivity index (χ3v) is 5.67. The van der Waals surface area contributed by atoms with Crippen molar-refractivity contribution in [2.45, 2.75) is 27.0 Å². The normalized spacial score (nSPS) is 11.7. The monoisotopic (exact) mass is 445 g/mol. The third-order valence-electron chi connectivity index (χ3n) is 5.42. The van der Waals surface area contributed by atoms with Gasteiger partial charge in [-0.1, -0.05) is 28.9 Å². The van der Waals surface area contributed by atoms with Crippen LogP contribution < -0.4 is 0 Å². The van der Waals surface area contributed by atoms with E-state index in [1.807, 2.05) is 24.3 Å². The SMILES string of the molecule is Cc1c(C)n(Cc2ccncc2)c2ncn3nc(CO/N=C\c4ccc(Cl)cc4)nc3c12. The molecule has 4 heterocycles. The van der Waals surface area contributed by atoms with Crippen LogP contribution in [-0.2, 0) is 18.0 Å². The summed E-state index contributed by atoms with van der Waals surface area (Å²) < 4.78 is 3.88. The Morgan fingerprint density at radius 1 is 1.06 bits per heavy atom. The highest BCUT2D eigenvalue weighted by molar-refractivity contribution is 6.30. The van der Waals surface area contributed by atoms with Crippen molar-refractivity contribution in [3.8, 4) is 0 Å². The van der Waals surface area contributed by atoms with Crippen molar-refractivity contribution in [3.05, 3.63) is 88.4 Å². The predicted molar refractivity (Wildman–Crippen MR) is 123 cm³/mol. The molecule has 0 saturated heterocycles. The molecule has 5 rings (SSSR count). The Balaban J connectivity index is 1.41. The minimum absolute atomic E-state index is 0.156. The zero-order chi connectivity index (χ0) is 22.1. The molecule has 9 heteroatoms. The van der Waals surface area contributed by atoms with Gasteiger partial charge in [-0.05, 0) is 54.8 Å². The third kappa shape index (κ3) is 3.80. The Hall–Kier alpha value is -3.78. The predicted octanol–water partition coefficient (Wildman–Crippen LogP) is 4.34. The van der Waals surface area contributed by atoms with Crippen LogP contribution in [0.4, 0.5) is 0 Å². The number of rotatable bonds is 6. The number of benzene rings is 1. The molecule has 8 nitrogen and oxygen atoms in total. The highest BCUT2D eigenvalue weighted by Gasteiger charge is 2.18. The smallest absolute Gasteiger partial charge is 0.192 e. The molecule has 1 aromatic carbocycles. The molecular formula is C23H20ClN7O. The van der Waals surface area contributed by atoms with Crippen molar-refractivity contribution in [1.82, 2.24) is 29.1 Å². The van der Waals surface area contributed by atoms with Crippen LogP contribution in [0.5, 0.6) is 0 Å². The Morgan fingerprint density at radius 2 is 1.84 bits per heavy atom. The fourth-order valence-corrected chi connectivity index (χ4v) is 3.77. The second-order valence-corrected chi connectivity index (χ2v) is 7.89. The number of pyridine rings is 1. The lowest BCUT2D eigenvalue weighted by molar-refractivity contribution is 0.126. The molecule has 0 bridgehead atoms. The zero-order valence-corrected chi connectivity index (χ0v) is 18.4. The first-order valence-electron chi connectivity index (χ1n) is 10.1. The summed E-state index contributed by atoms with van der Waals surface area (Å²) in [6.07, 6.45) is 6.91. The first-order chi connectivity index (χ1) is 15.6. The van der Waals surface area contributed by atoms with E-state index in [1.54, 1.807) is 41.6 Å². The lowest BCUT2D eigenvalue weighted by Gasteiger charge is -2.07. The van der Waals surface area contributed by atoms with E-state index < -0.39 is 0 Å². The minimum Gasteiger partial charge on any atom is -0.387 e. The van der Waals surface area contributed by atoms with Gasteiger partial charge < -0.3 is 9.40 Å². The molecular weight excluding hydrogens is 426 g/mol. The molecule has 0 unspecified atom stereocenters. The number of nitrogens with zero attached hydrogens (tertiary/aromatic N) is 7. The van der Waals surface area contributed by atoms with Gasteiger partial charge in [0.15, 0.2) is 18.1 Å². The summed E-state index contributed by atoms with van der Waals surface area (Å²) in [5.41, 5.74) is 5.97. The molecule has 160 valence electrons. The summed E-state index contributed by atoms with van der Waals surface area (Å²) in [5, 5.41) is 10.2. The van der Waals surface area contributed by atoms with Crippen molar-refractivity contribution in [1.29, 1.82) is 0 Å². The molecule has 0 atom stereocenters. The van der Waals surface area contributed by atoms with Crippen LogP contribution in [0.2, 0.25) is 5.02 Å². The molecule has 0 spiro atoms. The van der Waals surface area contributed by atoms with Gasteiger partial charge in [0.05, 0.1) is 11.6 Å². The standard InChI is InChI=1S/C23H20ClN7O/c1-15-16(2)30(12-18-7-9-25-10-8-18)22-21(15)23-28-20(29-31(23)14-26-22)13-32-27-11-17-3-5-19(24)6-4-17/h3-11,14H,12-13H2,1-2H3/b27-11-. The second kappa shape index (κ2) is 8.39. The average Bonchev–Trinajstić information content (AvgIpc) is 3.33. The van der Waals surface area contributed by atoms with Gasteiger partial charge in [-0.3, -0.25) is 4.98 Å². The van der Waals surface area contributed by atoms with Crippen LogP contribution in [0.25, 0.3) is 16.7 Å². The van der Waals surface area contributed by atoms with E-state index >= 15 is 0 Å². The summed E-state index contributed by atoms with van der Waals surface area (Å²) >= 11 is 5.89. The van der Waals surface area contributed by atoms with E-state index in [2.05, 4.69) is 38.6 Å². The molecule has 0 aliphatic rings. The van der Waals surface area contributed by atoms with E-state index in [1.165, 1.54) is 0 Å². The Morgan fingerprint density at radius 3 is 2.62 bits per heavy atom. The van der Waals surface area contributed by atoms with E-state index in [0.29, 0.717) is 17.4 Å². The Labute approximate surface area is 189 Å². The lowest BCUT2D eigenvalue weighted by Crippen LogP contribution is -2.03. The largest absolute Gasteiger partial charge is 0.387 e. The van der Waals surface area contributed by atoms with Gasteiger partial charge in [0.2, 0.25) is 0 Å². The van der Waals surface area contributed by atoms with E-state index in [0.717, 1.165) is 39.1 Å². The molecule has 0 radical (unpaired) electrons. The van der Waals surface area contributed by atoms with Gasteiger partial charge in [0.1, 0.15) is 12.0 Å². The van der Waals surface area contributed by atoms with Crippen molar-refractivity contribution in [2.75, 3.05) is 0 Å². The number of hydrogen-bond donors (Lipinski definition) is 0. The van der Waals surface area contributed by atoms with Gasteiger partial charge >= 0.3 is 0 Å². The van der Waals surface area contributed by atoms with Crippen molar-refractivity contribution in [2.24, 2.45) is 5.16 Å². The molecule has 0 fully saturated rings. The summed E-state index contributed by atoms with van der Waals surface area (Å²) in [6.45, 7) is 5.05. The number of hydrogen-bond acceptors (Lipinski definition) is 6. The quantitative estimate of drug-likeness (QED) is 0.287. The van der Waals surface area contributed by atoms with Gasteiger partial charge in [0, 0.05) is 29.7 Å². The van der Waals surface area contributed by atoms with Crippen molar-refractivity contribution in [3.63, 3.8) is 0 Å². The maximum atomic E-state index is 5.89. The van der Waals surface area contributed by atoms with Crippen LogP contribution in [0.1, 0.15) is 28.2 Å². The summed E-state index contributed by atoms with van der Waals surface area (Å²) in [7, 11) is 0. The topological polar surface area (TPSA) is 82.5 Å². The fourth-order valence-electron chi connectivity index (χ4n) is 3.64. The summed E-state index contributed by atoms with van der Waals surface area (Å²) in [6, 6.07) is 11.4. The van der Waals surface area contributed by atoms with Crippen LogP contribution in [-0.4, -0.2) is 35.3 Å². The zero-order valence-electron chi connectivity index (χ0n) is 17.6. The van der Waals surface area contributed by atoms with E-state index in [-0.39, 0.29) is 6.61 Å². The molecule has 0 saturated carbocycles.